The summed E-state index contributed by atoms with van der Waals surface area (Å²) in [5, 5.41) is 0. The Labute approximate surface area is 47.5 Å². The van der Waals surface area contributed by atoms with Crippen molar-refractivity contribution in [2.75, 3.05) is 11.5 Å². The Kier molecular flexibility index (Phi) is 1.57. The minimum absolute atomic E-state index is 0.310. The average molecular weight is 120 g/mol. The second kappa shape index (κ2) is 2.03. The van der Waals surface area contributed by atoms with E-state index in [1.165, 1.54) is 0 Å². The smallest absolute Gasteiger partial charge is 0.112 e. The Morgan fingerprint density at radius 2 is 2.29 bits per heavy atom. The van der Waals surface area contributed by atoms with Crippen LogP contribution in [0, 0.1) is 5.92 Å². The summed E-state index contributed by atoms with van der Waals surface area (Å²) in [4.78, 5) is 0. The molecule has 0 aromatic heterocycles. The van der Waals surface area contributed by atoms with Gasteiger partial charge in [-0.05, 0) is 11.7 Å². The first-order valence-corrected chi connectivity index (χ1v) is 3.68. The minimum Gasteiger partial charge on any atom is -0.246 e. The molecule has 1 aliphatic rings. The summed E-state index contributed by atoms with van der Waals surface area (Å²) in [7, 11) is 0. The highest BCUT2D eigenvalue weighted by Crippen LogP contribution is 2.25. The average Bonchev–Trinajstić information content (AvgIpc) is 1.91. The van der Waals surface area contributed by atoms with E-state index in [1.807, 2.05) is 6.92 Å². The van der Waals surface area contributed by atoms with Crippen molar-refractivity contribution in [1.29, 1.82) is 0 Å². The topological polar surface area (TPSA) is 0 Å². The zero-order valence-corrected chi connectivity index (χ0v) is 5.17. The van der Waals surface area contributed by atoms with Gasteiger partial charge in [0, 0.05) is 5.75 Å². The summed E-state index contributed by atoms with van der Waals surface area (Å²) in [5.41, 5.74) is 0. The Balaban J connectivity index is 2.33. The first kappa shape index (κ1) is 5.42. The molecule has 7 heavy (non-hydrogen) atoms. The van der Waals surface area contributed by atoms with Gasteiger partial charge in [-0.25, -0.2) is 4.39 Å². The van der Waals surface area contributed by atoms with Gasteiger partial charge in [-0.1, -0.05) is 6.92 Å². The fraction of sp³-hybridized carbons (Fsp3) is 1.00. The normalized spacial score (nSPS) is 42.0. The molecule has 0 amide bonds. The molecule has 0 aliphatic carbocycles. The van der Waals surface area contributed by atoms with Crippen LogP contribution in [0.4, 0.5) is 4.39 Å². The minimum atomic E-state index is -0.523. The number of rotatable bonds is 0. The molecule has 2 unspecified atom stereocenters. The molecule has 2 atom stereocenters. The molecule has 0 nitrogen and oxygen atoms in total. The Hall–Kier alpha value is 0.280. The first-order valence-electron chi connectivity index (χ1n) is 2.52. The lowest BCUT2D eigenvalue weighted by Crippen LogP contribution is -2.07. The molecule has 1 rings (SSSR count). The van der Waals surface area contributed by atoms with Crippen LogP contribution in [0.5, 0.6) is 0 Å². The third-order valence-corrected chi connectivity index (χ3v) is 2.59. The molecule has 1 saturated heterocycles. The number of hydrogen-bond donors (Lipinski definition) is 0. The maximum Gasteiger partial charge on any atom is 0.112 e. The van der Waals surface area contributed by atoms with E-state index >= 15 is 0 Å². The molecule has 0 radical (unpaired) electrons. The first-order chi connectivity index (χ1) is 3.30. The van der Waals surface area contributed by atoms with Gasteiger partial charge in [0.25, 0.3) is 0 Å². The maximum absolute atomic E-state index is 12.3. The van der Waals surface area contributed by atoms with Crippen LogP contribution in [0.2, 0.25) is 0 Å². The lowest BCUT2D eigenvalue weighted by Gasteiger charge is -1.99. The highest BCUT2D eigenvalue weighted by Gasteiger charge is 2.22. The van der Waals surface area contributed by atoms with E-state index in [2.05, 4.69) is 0 Å². The lowest BCUT2D eigenvalue weighted by molar-refractivity contribution is 0.300. The maximum atomic E-state index is 12.3. The molecule has 0 spiro atoms. The molecule has 1 aliphatic heterocycles. The van der Waals surface area contributed by atoms with Gasteiger partial charge < -0.3 is 0 Å². The third-order valence-electron chi connectivity index (χ3n) is 1.28. The summed E-state index contributed by atoms with van der Waals surface area (Å²) < 4.78 is 12.3. The molecular weight excluding hydrogens is 111 g/mol. The zero-order valence-electron chi connectivity index (χ0n) is 4.36. The van der Waals surface area contributed by atoms with E-state index in [1.54, 1.807) is 11.8 Å². The van der Waals surface area contributed by atoms with Gasteiger partial charge in [0.05, 0.1) is 0 Å². The SMILES string of the molecule is CC1CSCC1F. The molecule has 0 N–H and O–H groups in total. The van der Waals surface area contributed by atoms with E-state index in [4.69, 9.17) is 0 Å². The number of alkyl halides is 1. The van der Waals surface area contributed by atoms with Crippen LogP contribution in [0.3, 0.4) is 0 Å². The Bertz CT molecular complexity index is 57.1. The summed E-state index contributed by atoms with van der Waals surface area (Å²) in [6.45, 7) is 1.96. The standard InChI is InChI=1S/C5H9FS/c1-4-2-7-3-5(4)6/h4-5H,2-3H2,1H3. The number of hydrogen-bond acceptors (Lipinski definition) is 1. The predicted octanol–water partition coefficient (Wildman–Crippen LogP) is 1.71. The molecule has 42 valence electrons. The van der Waals surface area contributed by atoms with Crippen molar-refractivity contribution in [3.63, 3.8) is 0 Å². The van der Waals surface area contributed by atoms with Gasteiger partial charge in [0.2, 0.25) is 0 Å². The molecule has 0 aromatic rings. The lowest BCUT2D eigenvalue weighted by atomic mass is 10.1. The second-order valence-corrected chi connectivity index (χ2v) is 3.11. The quantitative estimate of drug-likeness (QED) is 0.469. The molecule has 1 fully saturated rings. The van der Waals surface area contributed by atoms with Gasteiger partial charge in [0.15, 0.2) is 0 Å². The zero-order chi connectivity index (χ0) is 5.28. The van der Waals surface area contributed by atoms with Crippen molar-refractivity contribution in [3.05, 3.63) is 0 Å². The molecule has 0 saturated carbocycles. The monoisotopic (exact) mass is 120 g/mol. The summed E-state index contributed by atoms with van der Waals surface area (Å²) in [6, 6.07) is 0. The van der Waals surface area contributed by atoms with Crippen molar-refractivity contribution < 1.29 is 4.39 Å². The fourth-order valence-electron chi connectivity index (χ4n) is 0.635. The van der Waals surface area contributed by atoms with Crippen molar-refractivity contribution >= 4 is 11.8 Å². The highest BCUT2D eigenvalue weighted by molar-refractivity contribution is 7.99. The van der Waals surface area contributed by atoms with E-state index in [9.17, 15) is 4.39 Å². The third kappa shape index (κ3) is 1.09. The van der Waals surface area contributed by atoms with Gasteiger partial charge in [0.1, 0.15) is 6.17 Å². The van der Waals surface area contributed by atoms with E-state index in [0.717, 1.165) is 11.5 Å². The molecule has 2 heteroatoms. The largest absolute Gasteiger partial charge is 0.246 e. The van der Waals surface area contributed by atoms with Gasteiger partial charge in [-0.2, -0.15) is 11.8 Å². The fourth-order valence-corrected chi connectivity index (χ4v) is 1.91. The second-order valence-electron chi connectivity index (χ2n) is 2.03. The van der Waals surface area contributed by atoms with Gasteiger partial charge in [-0.15, -0.1) is 0 Å². The summed E-state index contributed by atoms with van der Waals surface area (Å²) in [5.74, 6) is 2.05. The Morgan fingerprint density at radius 3 is 2.43 bits per heavy atom. The van der Waals surface area contributed by atoms with Crippen molar-refractivity contribution in [3.8, 4) is 0 Å². The van der Waals surface area contributed by atoms with Crippen LogP contribution in [-0.2, 0) is 0 Å². The van der Waals surface area contributed by atoms with E-state index < -0.39 is 6.17 Å². The van der Waals surface area contributed by atoms with Crippen LogP contribution in [-0.4, -0.2) is 17.7 Å². The van der Waals surface area contributed by atoms with E-state index in [0.29, 0.717) is 5.92 Å². The molecule has 0 bridgehead atoms. The van der Waals surface area contributed by atoms with Crippen molar-refractivity contribution in [2.24, 2.45) is 5.92 Å². The molecular formula is C5H9FS. The van der Waals surface area contributed by atoms with Gasteiger partial charge in [-0.3, -0.25) is 0 Å². The van der Waals surface area contributed by atoms with Gasteiger partial charge >= 0.3 is 0 Å². The Morgan fingerprint density at radius 1 is 1.57 bits per heavy atom. The van der Waals surface area contributed by atoms with Crippen LogP contribution >= 0.6 is 11.8 Å². The summed E-state index contributed by atoms with van der Waals surface area (Å²) >= 11 is 1.72. The van der Waals surface area contributed by atoms with Crippen LogP contribution in [0.15, 0.2) is 0 Å². The molecule has 0 aromatic carbocycles. The predicted molar refractivity (Wildman–Crippen MR) is 31.4 cm³/mol. The van der Waals surface area contributed by atoms with Crippen LogP contribution in [0.1, 0.15) is 6.92 Å². The van der Waals surface area contributed by atoms with Crippen molar-refractivity contribution in [1.82, 2.24) is 0 Å². The number of thioether (sulfide) groups is 1. The van der Waals surface area contributed by atoms with Crippen LogP contribution < -0.4 is 0 Å². The number of halogens is 1. The highest BCUT2D eigenvalue weighted by atomic mass is 32.2. The van der Waals surface area contributed by atoms with Crippen LogP contribution in [0.25, 0.3) is 0 Å². The molecule has 1 heterocycles. The van der Waals surface area contributed by atoms with E-state index in [-0.39, 0.29) is 0 Å². The van der Waals surface area contributed by atoms with Crippen molar-refractivity contribution in [2.45, 2.75) is 13.1 Å². The summed E-state index contributed by atoms with van der Waals surface area (Å²) in [6.07, 6.45) is -0.523.